The number of amides is 2. The Bertz CT molecular complexity index is 759. The molecule has 3 saturated heterocycles. The van der Waals surface area contributed by atoms with Gasteiger partial charge in [0.1, 0.15) is 0 Å². The maximum absolute atomic E-state index is 12.6. The van der Waals surface area contributed by atoms with E-state index >= 15 is 0 Å². The van der Waals surface area contributed by atoms with E-state index in [1.54, 1.807) is 0 Å². The lowest BCUT2D eigenvalue weighted by Crippen LogP contribution is -2.52. The summed E-state index contributed by atoms with van der Waals surface area (Å²) in [6.45, 7) is 7.12. The maximum atomic E-state index is 12.6. The third-order valence-corrected chi connectivity index (χ3v) is 5.95. The van der Waals surface area contributed by atoms with Crippen LogP contribution in [0.5, 0.6) is 0 Å². The van der Waals surface area contributed by atoms with Crippen molar-refractivity contribution in [3.05, 3.63) is 30.1 Å². The van der Waals surface area contributed by atoms with Crippen LogP contribution in [0.25, 0.3) is 0 Å². The third kappa shape index (κ3) is 6.80. The average molecular weight is 458 g/mol. The van der Waals surface area contributed by atoms with Gasteiger partial charge in [-0.05, 0) is 30.9 Å². The van der Waals surface area contributed by atoms with Gasteiger partial charge in [0.2, 0.25) is 0 Å². The molecule has 4 heterocycles. The summed E-state index contributed by atoms with van der Waals surface area (Å²) >= 11 is 0. The van der Waals surface area contributed by atoms with Gasteiger partial charge >= 0.3 is 18.2 Å². The van der Waals surface area contributed by atoms with Crippen molar-refractivity contribution >= 4 is 12.0 Å². The fourth-order valence-electron chi connectivity index (χ4n) is 4.29. The molecule has 3 fully saturated rings. The Balaban J connectivity index is 0.000000360. The zero-order chi connectivity index (χ0) is 23.1. The van der Waals surface area contributed by atoms with Gasteiger partial charge in [0.05, 0.1) is 12.7 Å². The van der Waals surface area contributed by atoms with E-state index < -0.39 is 12.1 Å². The minimum Gasteiger partial charge on any atom is -0.475 e. The molecule has 0 saturated carbocycles. The van der Waals surface area contributed by atoms with Gasteiger partial charge in [0.15, 0.2) is 0 Å². The van der Waals surface area contributed by atoms with Gasteiger partial charge in [-0.1, -0.05) is 6.07 Å². The second-order valence-corrected chi connectivity index (χ2v) is 8.28. The number of hydrogen-bond donors (Lipinski definition) is 1. The van der Waals surface area contributed by atoms with Crippen molar-refractivity contribution in [3.63, 3.8) is 0 Å². The summed E-state index contributed by atoms with van der Waals surface area (Å²) in [5.74, 6) is -2.24. The molecule has 0 radical (unpaired) electrons. The van der Waals surface area contributed by atoms with Crippen molar-refractivity contribution < 1.29 is 32.6 Å². The van der Waals surface area contributed by atoms with E-state index in [1.807, 2.05) is 28.3 Å². The first kappa shape index (κ1) is 24.2. The van der Waals surface area contributed by atoms with E-state index in [1.165, 1.54) is 5.56 Å². The SMILES string of the molecule is O=C(N1CCCC1)N1CC[C@@H]2CN(Cc3cccnc3)CCO[C@@H]2C1.O=C(O)C(F)(F)F. The number of carboxylic acids is 1. The van der Waals surface area contributed by atoms with Gasteiger partial charge in [0.25, 0.3) is 0 Å². The molecule has 2 amide bonds. The third-order valence-electron chi connectivity index (χ3n) is 5.95. The summed E-state index contributed by atoms with van der Waals surface area (Å²) in [4.78, 5) is 32.3. The Kier molecular flexibility index (Phi) is 8.30. The highest BCUT2D eigenvalue weighted by Crippen LogP contribution is 2.26. The molecular formula is C21H29F3N4O4. The summed E-state index contributed by atoms with van der Waals surface area (Å²) in [5, 5.41) is 7.12. The normalized spacial score (nSPS) is 24.2. The highest BCUT2D eigenvalue weighted by atomic mass is 19.4. The molecular weight excluding hydrogens is 429 g/mol. The molecule has 3 aliphatic heterocycles. The number of rotatable bonds is 2. The lowest BCUT2D eigenvalue weighted by molar-refractivity contribution is -0.192. The number of fused-ring (bicyclic) bond motifs is 1. The summed E-state index contributed by atoms with van der Waals surface area (Å²) in [6, 6.07) is 4.35. The number of hydrogen-bond acceptors (Lipinski definition) is 5. The first-order valence-electron chi connectivity index (χ1n) is 10.8. The zero-order valence-corrected chi connectivity index (χ0v) is 17.8. The van der Waals surface area contributed by atoms with Crippen molar-refractivity contribution in [3.8, 4) is 0 Å². The first-order valence-corrected chi connectivity index (χ1v) is 10.8. The van der Waals surface area contributed by atoms with E-state index in [4.69, 9.17) is 14.6 Å². The number of alkyl halides is 3. The van der Waals surface area contributed by atoms with Crippen LogP contribution in [0.3, 0.4) is 0 Å². The van der Waals surface area contributed by atoms with Crippen LogP contribution in [-0.4, -0.2) is 94.9 Å². The maximum Gasteiger partial charge on any atom is 0.490 e. The molecule has 4 rings (SSSR count). The van der Waals surface area contributed by atoms with Crippen molar-refractivity contribution in [1.29, 1.82) is 0 Å². The lowest BCUT2D eigenvalue weighted by Gasteiger charge is -2.39. The number of carboxylic acid groups (broad SMARTS) is 1. The van der Waals surface area contributed by atoms with Crippen molar-refractivity contribution in [2.24, 2.45) is 5.92 Å². The number of carbonyl (C=O) groups is 2. The monoisotopic (exact) mass is 458 g/mol. The van der Waals surface area contributed by atoms with Crippen molar-refractivity contribution in [2.75, 3.05) is 45.9 Å². The number of ether oxygens (including phenoxy) is 1. The second kappa shape index (κ2) is 11.0. The highest BCUT2D eigenvalue weighted by molar-refractivity contribution is 5.75. The van der Waals surface area contributed by atoms with Crippen LogP contribution in [-0.2, 0) is 16.1 Å². The Labute approximate surface area is 184 Å². The zero-order valence-electron chi connectivity index (χ0n) is 17.8. The topological polar surface area (TPSA) is 86.2 Å². The van der Waals surface area contributed by atoms with Crippen LogP contribution in [0.4, 0.5) is 18.0 Å². The van der Waals surface area contributed by atoms with Crippen LogP contribution >= 0.6 is 0 Å². The average Bonchev–Trinajstić information content (AvgIpc) is 3.22. The van der Waals surface area contributed by atoms with E-state index in [9.17, 15) is 18.0 Å². The molecule has 0 spiro atoms. The summed E-state index contributed by atoms with van der Waals surface area (Å²) < 4.78 is 37.9. The fourth-order valence-corrected chi connectivity index (χ4v) is 4.29. The fraction of sp³-hybridized carbons (Fsp3) is 0.667. The molecule has 1 aromatic rings. The molecule has 11 heteroatoms. The predicted molar refractivity (Wildman–Crippen MR) is 109 cm³/mol. The number of aromatic nitrogens is 1. The van der Waals surface area contributed by atoms with E-state index in [-0.39, 0.29) is 12.1 Å². The highest BCUT2D eigenvalue weighted by Gasteiger charge is 2.38. The Morgan fingerprint density at radius 1 is 1.12 bits per heavy atom. The molecule has 1 aromatic heterocycles. The predicted octanol–water partition coefficient (Wildman–Crippen LogP) is 2.45. The smallest absolute Gasteiger partial charge is 0.475 e. The van der Waals surface area contributed by atoms with Gasteiger partial charge in [-0.15, -0.1) is 0 Å². The lowest BCUT2D eigenvalue weighted by atomic mass is 9.93. The van der Waals surface area contributed by atoms with E-state index in [2.05, 4.69) is 16.0 Å². The Morgan fingerprint density at radius 2 is 1.84 bits per heavy atom. The molecule has 0 unspecified atom stereocenters. The van der Waals surface area contributed by atoms with E-state index in [0.717, 1.165) is 71.7 Å². The molecule has 8 nitrogen and oxygen atoms in total. The number of piperidine rings is 1. The van der Waals surface area contributed by atoms with Gasteiger partial charge in [0, 0.05) is 64.1 Å². The van der Waals surface area contributed by atoms with Crippen LogP contribution in [0.1, 0.15) is 24.8 Å². The Morgan fingerprint density at radius 3 is 2.47 bits per heavy atom. The number of likely N-dealkylation sites (tertiary alicyclic amines) is 2. The van der Waals surface area contributed by atoms with Crippen LogP contribution in [0.2, 0.25) is 0 Å². The number of urea groups is 1. The van der Waals surface area contributed by atoms with Crippen molar-refractivity contribution in [2.45, 2.75) is 38.1 Å². The number of nitrogens with zero attached hydrogens (tertiary/aromatic N) is 4. The van der Waals surface area contributed by atoms with Crippen molar-refractivity contribution in [1.82, 2.24) is 19.7 Å². The molecule has 0 aliphatic carbocycles. The Hall–Kier alpha value is -2.40. The van der Waals surface area contributed by atoms with Crippen LogP contribution < -0.4 is 0 Å². The quantitative estimate of drug-likeness (QED) is 0.733. The molecule has 32 heavy (non-hydrogen) atoms. The summed E-state index contributed by atoms with van der Waals surface area (Å²) in [5.41, 5.74) is 1.25. The molecule has 2 atom stereocenters. The molecule has 0 bridgehead atoms. The molecule has 0 aromatic carbocycles. The van der Waals surface area contributed by atoms with Gasteiger partial charge in [-0.25, -0.2) is 9.59 Å². The summed E-state index contributed by atoms with van der Waals surface area (Å²) in [6.07, 6.45) is 2.18. The molecule has 178 valence electrons. The van der Waals surface area contributed by atoms with Gasteiger partial charge in [-0.3, -0.25) is 9.88 Å². The number of pyridine rings is 1. The standard InChI is InChI=1S/C19H28N4O2.C2HF3O2/c24-19(22-7-1-2-8-22)23-9-5-17-14-21(10-11-25-18(17)15-23)13-16-4-3-6-20-12-16;3-2(4,5)1(6)7/h3-4,6,12,17-18H,1-2,5,7-11,13-15H2;(H,6,7)/t17-,18-;/m1./s1. The minimum absolute atomic E-state index is 0.180. The molecule has 1 N–H and O–H groups in total. The largest absolute Gasteiger partial charge is 0.490 e. The summed E-state index contributed by atoms with van der Waals surface area (Å²) in [7, 11) is 0. The number of carbonyl (C=O) groups excluding carboxylic acids is 1. The van der Waals surface area contributed by atoms with Crippen LogP contribution in [0, 0.1) is 5.92 Å². The van der Waals surface area contributed by atoms with Crippen LogP contribution in [0.15, 0.2) is 24.5 Å². The second-order valence-electron chi connectivity index (χ2n) is 8.28. The number of halogens is 3. The van der Waals surface area contributed by atoms with Gasteiger partial charge < -0.3 is 19.6 Å². The van der Waals surface area contributed by atoms with Gasteiger partial charge in [-0.2, -0.15) is 13.2 Å². The molecule has 3 aliphatic rings. The minimum atomic E-state index is -5.08. The number of aliphatic carboxylic acids is 1. The first-order chi connectivity index (χ1) is 15.2. The van der Waals surface area contributed by atoms with E-state index in [0.29, 0.717) is 5.92 Å².